The van der Waals surface area contributed by atoms with Crippen molar-refractivity contribution in [1.82, 2.24) is 4.31 Å². The number of methoxy groups -OCH3 is 1. The maximum Gasteiger partial charge on any atom is 0.214 e. The zero-order valence-electron chi connectivity index (χ0n) is 10.2. The predicted molar refractivity (Wildman–Crippen MR) is 64.1 cm³/mol. The third kappa shape index (κ3) is 2.81. The maximum atomic E-state index is 12.0. The van der Waals surface area contributed by atoms with Crippen LogP contribution < -0.4 is 0 Å². The van der Waals surface area contributed by atoms with E-state index < -0.39 is 10.0 Å². The smallest absolute Gasteiger partial charge is 0.214 e. The maximum absolute atomic E-state index is 12.0. The summed E-state index contributed by atoms with van der Waals surface area (Å²) in [6.45, 7) is 1.57. The van der Waals surface area contributed by atoms with E-state index in [4.69, 9.17) is 4.74 Å². The summed E-state index contributed by atoms with van der Waals surface area (Å²) in [4.78, 5) is 0. The molecule has 1 N–H and O–H groups in total. The molecule has 1 aliphatic carbocycles. The van der Waals surface area contributed by atoms with Gasteiger partial charge in [0.15, 0.2) is 0 Å². The third-order valence-electron chi connectivity index (χ3n) is 3.93. The number of aliphatic hydroxyl groups is 1. The predicted octanol–water partition coefficient (Wildman–Crippen LogP) is 0.0554. The number of nitrogens with zero attached hydrogens (tertiary/aromatic N) is 1. The van der Waals surface area contributed by atoms with E-state index in [-0.39, 0.29) is 17.8 Å². The van der Waals surface area contributed by atoms with Crippen LogP contribution in [-0.4, -0.2) is 56.5 Å². The Labute approximate surface area is 103 Å². The Hall–Kier alpha value is -0.170. The number of aliphatic hydroxyl groups excluding tert-OH is 1. The van der Waals surface area contributed by atoms with Gasteiger partial charge in [-0.1, -0.05) is 0 Å². The lowest BCUT2D eigenvalue weighted by Crippen LogP contribution is -2.33. The van der Waals surface area contributed by atoms with Gasteiger partial charge in [-0.05, 0) is 25.2 Å². The van der Waals surface area contributed by atoms with Gasteiger partial charge in [0.1, 0.15) is 0 Å². The van der Waals surface area contributed by atoms with E-state index in [0.717, 1.165) is 12.8 Å². The van der Waals surface area contributed by atoms with Crippen molar-refractivity contribution in [1.29, 1.82) is 0 Å². The van der Waals surface area contributed by atoms with Gasteiger partial charge in [0.05, 0.1) is 11.9 Å². The SMILES string of the molecule is COCCCS(=O)(=O)N1CC2CCC(O)C2C1. The van der Waals surface area contributed by atoms with Crippen LogP contribution in [0.5, 0.6) is 0 Å². The van der Waals surface area contributed by atoms with Crippen LogP contribution in [0, 0.1) is 11.8 Å². The van der Waals surface area contributed by atoms with E-state index in [2.05, 4.69) is 0 Å². The molecule has 1 saturated heterocycles. The number of rotatable bonds is 5. The molecule has 1 heterocycles. The van der Waals surface area contributed by atoms with Crippen molar-refractivity contribution in [3.8, 4) is 0 Å². The molecular weight excluding hydrogens is 242 g/mol. The molecule has 0 aromatic heterocycles. The Morgan fingerprint density at radius 2 is 2.12 bits per heavy atom. The van der Waals surface area contributed by atoms with E-state index in [1.165, 1.54) is 0 Å². The summed E-state index contributed by atoms with van der Waals surface area (Å²) < 4.78 is 30.5. The summed E-state index contributed by atoms with van der Waals surface area (Å²) in [6, 6.07) is 0. The first-order valence-corrected chi connectivity index (χ1v) is 7.80. The van der Waals surface area contributed by atoms with Crippen LogP contribution in [0.1, 0.15) is 19.3 Å². The number of ether oxygens (including phenoxy) is 1. The van der Waals surface area contributed by atoms with Gasteiger partial charge < -0.3 is 9.84 Å². The molecule has 2 aliphatic rings. The molecule has 5 nitrogen and oxygen atoms in total. The molecule has 1 saturated carbocycles. The number of hydrogen-bond acceptors (Lipinski definition) is 4. The standard InChI is InChI=1S/C11H21NO4S/c1-16-5-2-6-17(14,15)12-7-9-3-4-11(13)10(9)8-12/h9-11,13H,2-8H2,1H3. The van der Waals surface area contributed by atoms with E-state index in [1.807, 2.05) is 0 Å². The molecule has 0 aromatic rings. The first kappa shape index (κ1) is 13.3. The van der Waals surface area contributed by atoms with Crippen molar-refractivity contribution in [2.45, 2.75) is 25.4 Å². The molecular formula is C11H21NO4S. The number of fused-ring (bicyclic) bond motifs is 1. The summed E-state index contributed by atoms with van der Waals surface area (Å²) in [5, 5.41) is 9.76. The summed E-state index contributed by atoms with van der Waals surface area (Å²) >= 11 is 0. The zero-order chi connectivity index (χ0) is 12.5. The molecule has 3 unspecified atom stereocenters. The fraction of sp³-hybridized carbons (Fsp3) is 1.00. The lowest BCUT2D eigenvalue weighted by Gasteiger charge is -2.18. The third-order valence-corrected chi connectivity index (χ3v) is 5.82. The van der Waals surface area contributed by atoms with Gasteiger partial charge in [0.25, 0.3) is 0 Å². The second-order valence-electron chi connectivity index (χ2n) is 5.05. The second kappa shape index (κ2) is 5.22. The molecule has 17 heavy (non-hydrogen) atoms. The van der Waals surface area contributed by atoms with E-state index in [9.17, 15) is 13.5 Å². The van der Waals surface area contributed by atoms with Crippen LogP contribution in [0.2, 0.25) is 0 Å². The zero-order valence-corrected chi connectivity index (χ0v) is 11.0. The second-order valence-corrected chi connectivity index (χ2v) is 7.14. The topological polar surface area (TPSA) is 66.8 Å². The normalized spacial score (nSPS) is 34.1. The van der Waals surface area contributed by atoms with E-state index in [1.54, 1.807) is 11.4 Å². The van der Waals surface area contributed by atoms with Crippen molar-refractivity contribution in [3.63, 3.8) is 0 Å². The Morgan fingerprint density at radius 3 is 2.76 bits per heavy atom. The highest BCUT2D eigenvalue weighted by atomic mass is 32.2. The summed E-state index contributed by atoms with van der Waals surface area (Å²) in [5.74, 6) is 0.672. The quantitative estimate of drug-likeness (QED) is 0.712. The van der Waals surface area contributed by atoms with Crippen LogP contribution in [0.25, 0.3) is 0 Å². The minimum atomic E-state index is -3.16. The van der Waals surface area contributed by atoms with Gasteiger partial charge in [-0.15, -0.1) is 0 Å². The monoisotopic (exact) mass is 263 g/mol. The molecule has 0 spiro atoms. The Bertz CT molecular complexity index is 356. The summed E-state index contributed by atoms with van der Waals surface area (Å²) in [5.41, 5.74) is 0. The summed E-state index contributed by atoms with van der Waals surface area (Å²) in [6.07, 6.45) is 2.01. The average molecular weight is 263 g/mol. The molecule has 0 amide bonds. The van der Waals surface area contributed by atoms with Crippen molar-refractivity contribution < 1.29 is 18.3 Å². The Balaban J connectivity index is 1.91. The van der Waals surface area contributed by atoms with Crippen LogP contribution in [0.15, 0.2) is 0 Å². The highest BCUT2D eigenvalue weighted by Gasteiger charge is 2.45. The number of hydrogen-bond donors (Lipinski definition) is 1. The molecule has 0 bridgehead atoms. The highest BCUT2D eigenvalue weighted by molar-refractivity contribution is 7.89. The van der Waals surface area contributed by atoms with Crippen LogP contribution in [0.3, 0.4) is 0 Å². The van der Waals surface area contributed by atoms with Crippen molar-refractivity contribution in [2.75, 3.05) is 32.6 Å². The molecule has 6 heteroatoms. The van der Waals surface area contributed by atoms with Gasteiger partial charge in [-0.3, -0.25) is 0 Å². The van der Waals surface area contributed by atoms with E-state index >= 15 is 0 Å². The summed E-state index contributed by atoms with van der Waals surface area (Å²) in [7, 11) is -1.58. The fourth-order valence-electron chi connectivity index (χ4n) is 2.94. The lowest BCUT2D eigenvalue weighted by atomic mass is 10.00. The molecule has 1 aliphatic heterocycles. The molecule has 0 aromatic carbocycles. The van der Waals surface area contributed by atoms with E-state index in [0.29, 0.717) is 32.0 Å². The van der Waals surface area contributed by atoms with Crippen LogP contribution >= 0.6 is 0 Å². The Kier molecular flexibility index (Phi) is 4.07. The van der Waals surface area contributed by atoms with Gasteiger partial charge in [-0.2, -0.15) is 0 Å². The highest BCUT2D eigenvalue weighted by Crippen LogP contribution is 2.39. The minimum absolute atomic E-state index is 0.149. The van der Waals surface area contributed by atoms with Gasteiger partial charge in [0, 0.05) is 32.7 Å². The molecule has 100 valence electrons. The lowest BCUT2D eigenvalue weighted by molar-refractivity contribution is 0.129. The van der Waals surface area contributed by atoms with Crippen LogP contribution in [0.4, 0.5) is 0 Å². The van der Waals surface area contributed by atoms with Crippen molar-refractivity contribution in [2.24, 2.45) is 11.8 Å². The molecule has 2 fully saturated rings. The first-order valence-electron chi connectivity index (χ1n) is 6.19. The molecule has 3 atom stereocenters. The van der Waals surface area contributed by atoms with Crippen LogP contribution in [-0.2, 0) is 14.8 Å². The van der Waals surface area contributed by atoms with Gasteiger partial charge in [0.2, 0.25) is 10.0 Å². The molecule has 0 radical (unpaired) electrons. The average Bonchev–Trinajstić information content (AvgIpc) is 2.82. The van der Waals surface area contributed by atoms with Gasteiger partial charge >= 0.3 is 0 Å². The largest absolute Gasteiger partial charge is 0.393 e. The first-order chi connectivity index (χ1) is 8.04. The Morgan fingerprint density at radius 1 is 1.35 bits per heavy atom. The van der Waals surface area contributed by atoms with Crippen molar-refractivity contribution >= 4 is 10.0 Å². The minimum Gasteiger partial charge on any atom is -0.393 e. The molecule has 2 rings (SSSR count). The number of sulfonamides is 1. The van der Waals surface area contributed by atoms with Crippen molar-refractivity contribution in [3.05, 3.63) is 0 Å². The van der Waals surface area contributed by atoms with Gasteiger partial charge in [-0.25, -0.2) is 12.7 Å². The fourth-order valence-corrected chi connectivity index (χ4v) is 4.50.